The third-order valence-corrected chi connectivity index (χ3v) is 4.13. The lowest BCUT2D eigenvalue weighted by Gasteiger charge is -2.19. The average Bonchev–Trinajstić information content (AvgIpc) is 2.63. The zero-order valence-electron chi connectivity index (χ0n) is 10.7. The summed E-state index contributed by atoms with van der Waals surface area (Å²) in [6, 6.07) is 7.03. The molecule has 90 valence electrons. The summed E-state index contributed by atoms with van der Waals surface area (Å²) in [7, 11) is 2.21. The molecule has 2 heteroatoms. The number of rotatable bonds is 1. The molecule has 0 aliphatic heterocycles. The molecule has 3 rings (SSSR count). The van der Waals surface area contributed by atoms with Gasteiger partial charge in [0.25, 0.3) is 0 Å². The van der Waals surface area contributed by atoms with E-state index >= 15 is 0 Å². The molecule has 0 saturated heterocycles. The van der Waals surface area contributed by atoms with Gasteiger partial charge in [0.1, 0.15) is 0 Å². The molecule has 2 nitrogen and oxygen atoms in total. The molecule has 17 heavy (non-hydrogen) atoms. The Labute approximate surface area is 102 Å². The first kappa shape index (κ1) is 10.8. The molecular weight excluding hydrogens is 208 g/mol. The standard InChI is InChI=1S/C15H20N2/c1-3-10-5-4-6-12-13-9-11(16)7-8-14(13)17(2)15(10)12/h4-6,11H,3,7-9,16H2,1-2H3. The van der Waals surface area contributed by atoms with Gasteiger partial charge in [-0.15, -0.1) is 0 Å². The van der Waals surface area contributed by atoms with Crippen LogP contribution in [0.5, 0.6) is 0 Å². The lowest BCUT2D eigenvalue weighted by Crippen LogP contribution is -2.28. The van der Waals surface area contributed by atoms with Crippen molar-refractivity contribution in [3.05, 3.63) is 35.0 Å². The summed E-state index contributed by atoms with van der Waals surface area (Å²) in [5.41, 5.74) is 12.0. The van der Waals surface area contributed by atoms with Gasteiger partial charge >= 0.3 is 0 Å². The maximum absolute atomic E-state index is 6.11. The molecule has 2 aromatic rings. The van der Waals surface area contributed by atoms with Crippen LogP contribution in [0, 0.1) is 0 Å². The number of benzene rings is 1. The summed E-state index contributed by atoms with van der Waals surface area (Å²) < 4.78 is 2.40. The van der Waals surface area contributed by atoms with Gasteiger partial charge in [-0.3, -0.25) is 0 Å². The number of hydrogen-bond donors (Lipinski definition) is 1. The van der Waals surface area contributed by atoms with Gasteiger partial charge in [0.05, 0.1) is 5.52 Å². The van der Waals surface area contributed by atoms with Crippen LogP contribution in [-0.4, -0.2) is 10.6 Å². The van der Waals surface area contributed by atoms with Crippen LogP contribution in [-0.2, 0) is 26.3 Å². The van der Waals surface area contributed by atoms with Crippen molar-refractivity contribution in [1.29, 1.82) is 0 Å². The Kier molecular flexibility index (Phi) is 2.48. The van der Waals surface area contributed by atoms with Crippen LogP contribution in [0.4, 0.5) is 0 Å². The normalized spacial score (nSPS) is 19.6. The summed E-state index contributed by atoms with van der Waals surface area (Å²) >= 11 is 0. The summed E-state index contributed by atoms with van der Waals surface area (Å²) in [6.45, 7) is 2.23. The van der Waals surface area contributed by atoms with Gasteiger partial charge in [0.15, 0.2) is 0 Å². The fraction of sp³-hybridized carbons (Fsp3) is 0.467. The van der Waals surface area contributed by atoms with Crippen molar-refractivity contribution in [2.75, 3.05) is 0 Å². The lowest BCUT2D eigenvalue weighted by molar-refractivity contribution is 0.562. The highest BCUT2D eigenvalue weighted by molar-refractivity contribution is 5.88. The molecule has 1 aliphatic rings. The van der Waals surface area contributed by atoms with Crippen LogP contribution < -0.4 is 5.73 Å². The van der Waals surface area contributed by atoms with Gasteiger partial charge in [0.2, 0.25) is 0 Å². The third-order valence-electron chi connectivity index (χ3n) is 4.13. The molecule has 1 aliphatic carbocycles. The molecule has 0 saturated carbocycles. The number of aryl methyl sites for hydroxylation is 2. The highest BCUT2D eigenvalue weighted by atomic mass is 15.0. The highest BCUT2D eigenvalue weighted by Crippen LogP contribution is 2.32. The van der Waals surface area contributed by atoms with Gasteiger partial charge in [-0.2, -0.15) is 0 Å². The summed E-state index contributed by atoms with van der Waals surface area (Å²) in [6.07, 6.45) is 4.39. The Morgan fingerprint density at radius 1 is 1.41 bits per heavy atom. The van der Waals surface area contributed by atoms with Crippen molar-refractivity contribution in [3.8, 4) is 0 Å². The second-order valence-corrected chi connectivity index (χ2v) is 5.15. The zero-order chi connectivity index (χ0) is 12.0. The van der Waals surface area contributed by atoms with Crippen molar-refractivity contribution < 1.29 is 0 Å². The smallest absolute Gasteiger partial charge is 0.0515 e. The first-order valence-corrected chi connectivity index (χ1v) is 6.56. The molecule has 1 aromatic carbocycles. The Morgan fingerprint density at radius 3 is 3.00 bits per heavy atom. The Hall–Kier alpha value is -1.28. The molecule has 1 aromatic heterocycles. The molecule has 1 unspecified atom stereocenters. The number of nitrogens with two attached hydrogens (primary N) is 1. The van der Waals surface area contributed by atoms with Crippen molar-refractivity contribution in [1.82, 2.24) is 4.57 Å². The molecule has 2 N–H and O–H groups in total. The van der Waals surface area contributed by atoms with Gasteiger partial charge in [0, 0.05) is 24.2 Å². The van der Waals surface area contributed by atoms with E-state index < -0.39 is 0 Å². The fourth-order valence-electron chi connectivity index (χ4n) is 3.24. The fourth-order valence-corrected chi connectivity index (χ4v) is 3.24. The van der Waals surface area contributed by atoms with Crippen molar-refractivity contribution in [2.24, 2.45) is 12.8 Å². The molecule has 0 radical (unpaired) electrons. The van der Waals surface area contributed by atoms with Crippen LogP contribution in [0.1, 0.15) is 30.2 Å². The minimum absolute atomic E-state index is 0.346. The average molecular weight is 228 g/mol. The van der Waals surface area contributed by atoms with Crippen LogP contribution >= 0.6 is 0 Å². The number of fused-ring (bicyclic) bond motifs is 3. The Balaban J connectivity index is 2.33. The van der Waals surface area contributed by atoms with Crippen LogP contribution in [0.15, 0.2) is 18.2 Å². The number of aromatic nitrogens is 1. The minimum atomic E-state index is 0.346. The molecule has 1 atom stereocenters. The van der Waals surface area contributed by atoms with Crippen LogP contribution in [0.25, 0.3) is 10.9 Å². The molecule has 0 bridgehead atoms. The predicted octanol–water partition coefficient (Wildman–Crippen LogP) is 2.56. The van der Waals surface area contributed by atoms with E-state index in [2.05, 4.69) is 36.7 Å². The summed E-state index contributed by atoms with van der Waals surface area (Å²) in [5, 5.41) is 1.43. The van der Waals surface area contributed by atoms with E-state index in [4.69, 9.17) is 5.73 Å². The summed E-state index contributed by atoms with van der Waals surface area (Å²) in [4.78, 5) is 0. The van der Waals surface area contributed by atoms with E-state index in [1.54, 1.807) is 0 Å². The highest BCUT2D eigenvalue weighted by Gasteiger charge is 2.22. The number of para-hydroxylation sites is 1. The van der Waals surface area contributed by atoms with Gasteiger partial charge < -0.3 is 10.3 Å². The van der Waals surface area contributed by atoms with Crippen LogP contribution in [0.3, 0.4) is 0 Å². The number of hydrogen-bond acceptors (Lipinski definition) is 1. The second-order valence-electron chi connectivity index (χ2n) is 5.15. The molecule has 0 fully saturated rings. The quantitative estimate of drug-likeness (QED) is 0.799. The lowest BCUT2D eigenvalue weighted by atomic mass is 9.92. The first-order valence-electron chi connectivity index (χ1n) is 6.56. The Bertz CT molecular complexity index is 566. The second kappa shape index (κ2) is 3.88. The van der Waals surface area contributed by atoms with E-state index in [9.17, 15) is 0 Å². The van der Waals surface area contributed by atoms with Crippen molar-refractivity contribution >= 4 is 10.9 Å². The summed E-state index contributed by atoms with van der Waals surface area (Å²) in [5.74, 6) is 0. The van der Waals surface area contributed by atoms with Crippen LogP contribution in [0.2, 0.25) is 0 Å². The molecule has 0 amide bonds. The zero-order valence-corrected chi connectivity index (χ0v) is 10.7. The topological polar surface area (TPSA) is 30.9 Å². The molecule has 0 spiro atoms. The van der Waals surface area contributed by atoms with E-state index in [0.29, 0.717) is 6.04 Å². The van der Waals surface area contributed by atoms with E-state index in [1.807, 2.05) is 0 Å². The van der Waals surface area contributed by atoms with E-state index in [1.165, 1.54) is 27.7 Å². The Morgan fingerprint density at radius 2 is 2.24 bits per heavy atom. The monoisotopic (exact) mass is 228 g/mol. The van der Waals surface area contributed by atoms with Crippen molar-refractivity contribution in [3.63, 3.8) is 0 Å². The van der Waals surface area contributed by atoms with Gasteiger partial charge in [-0.25, -0.2) is 0 Å². The largest absolute Gasteiger partial charge is 0.347 e. The predicted molar refractivity (Wildman–Crippen MR) is 72.3 cm³/mol. The maximum Gasteiger partial charge on any atom is 0.0515 e. The van der Waals surface area contributed by atoms with Crippen molar-refractivity contribution in [2.45, 2.75) is 38.6 Å². The number of nitrogens with zero attached hydrogens (tertiary/aromatic N) is 1. The molecular formula is C15H20N2. The SMILES string of the molecule is CCc1cccc2c3c(n(C)c12)CCC(N)C3. The minimum Gasteiger partial charge on any atom is -0.347 e. The first-order chi connectivity index (χ1) is 8.22. The van der Waals surface area contributed by atoms with E-state index in [-0.39, 0.29) is 0 Å². The maximum atomic E-state index is 6.11. The van der Waals surface area contributed by atoms with E-state index in [0.717, 1.165) is 25.7 Å². The van der Waals surface area contributed by atoms with Gasteiger partial charge in [-0.1, -0.05) is 25.1 Å². The molecule has 1 heterocycles. The van der Waals surface area contributed by atoms with Gasteiger partial charge in [-0.05, 0) is 36.8 Å². The third kappa shape index (κ3) is 1.51.